The van der Waals surface area contributed by atoms with Gasteiger partial charge in [-0.25, -0.2) is 4.98 Å². The van der Waals surface area contributed by atoms with E-state index in [1.807, 2.05) is 14.1 Å². The maximum atomic E-state index is 13.2. The third-order valence-corrected chi connectivity index (χ3v) is 2.29. The summed E-state index contributed by atoms with van der Waals surface area (Å²) in [5.74, 6) is -1.40. The molecule has 1 rings (SSSR count). The first kappa shape index (κ1) is 14.5. The average Bonchev–Trinajstić information content (AvgIpc) is 2.25. The summed E-state index contributed by atoms with van der Waals surface area (Å²) in [4.78, 5) is 16.9. The molecule has 100 valence electrons. The molecule has 0 radical (unpaired) electrons. The number of carbonyl (C=O) groups is 1. The number of rotatable bonds is 5. The van der Waals surface area contributed by atoms with E-state index in [-0.39, 0.29) is 12.1 Å². The Morgan fingerprint density at radius 2 is 2.28 bits per heavy atom. The molecule has 0 saturated carbocycles. The third kappa shape index (κ3) is 4.38. The maximum absolute atomic E-state index is 13.2. The highest BCUT2D eigenvalue weighted by molar-refractivity contribution is 5.94. The van der Waals surface area contributed by atoms with Gasteiger partial charge in [-0.1, -0.05) is 0 Å². The predicted molar refractivity (Wildman–Crippen MR) is 65.7 cm³/mol. The number of nitrogens with one attached hydrogen (secondary N) is 1. The first-order valence-electron chi connectivity index (χ1n) is 5.58. The van der Waals surface area contributed by atoms with Gasteiger partial charge in [0.15, 0.2) is 0 Å². The molecule has 0 fully saturated rings. The SMILES string of the molecule is CN(C)CC(C)(O)CNC(=O)c1cccnc1F. The van der Waals surface area contributed by atoms with Gasteiger partial charge in [0.05, 0.1) is 11.2 Å². The van der Waals surface area contributed by atoms with E-state index in [1.54, 1.807) is 11.8 Å². The highest BCUT2D eigenvalue weighted by Crippen LogP contribution is 2.06. The maximum Gasteiger partial charge on any atom is 0.256 e. The summed E-state index contributed by atoms with van der Waals surface area (Å²) in [7, 11) is 3.63. The summed E-state index contributed by atoms with van der Waals surface area (Å²) in [6.45, 7) is 2.04. The van der Waals surface area contributed by atoms with Crippen LogP contribution in [0.2, 0.25) is 0 Å². The Morgan fingerprint density at radius 3 is 2.83 bits per heavy atom. The molecule has 1 atom stereocenters. The number of amides is 1. The average molecular weight is 255 g/mol. The summed E-state index contributed by atoms with van der Waals surface area (Å²) in [6, 6.07) is 2.83. The van der Waals surface area contributed by atoms with Gasteiger partial charge in [-0.3, -0.25) is 4.79 Å². The second-order valence-corrected chi connectivity index (χ2v) is 4.76. The summed E-state index contributed by atoms with van der Waals surface area (Å²) in [6.07, 6.45) is 1.27. The van der Waals surface area contributed by atoms with Crippen LogP contribution in [0.5, 0.6) is 0 Å². The molecule has 1 amide bonds. The lowest BCUT2D eigenvalue weighted by molar-refractivity contribution is 0.0325. The second-order valence-electron chi connectivity index (χ2n) is 4.76. The Labute approximate surface area is 106 Å². The Morgan fingerprint density at radius 1 is 1.61 bits per heavy atom. The molecule has 0 spiro atoms. The quantitative estimate of drug-likeness (QED) is 0.741. The van der Waals surface area contributed by atoms with Crippen molar-refractivity contribution >= 4 is 5.91 Å². The Bertz CT molecular complexity index is 422. The van der Waals surface area contributed by atoms with Crippen LogP contribution in [0.3, 0.4) is 0 Å². The molecule has 0 saturated heterocycles. The monoisotopic (exact) mass is 255 g/mol. The zero-order chi connectivity index (χ0) is 13.8. The van der Waals surface area contributed by atoms with Crippen LogP contribution in [0.25, 0.3) is 0 Å². The molecule has 0 bridgehead atoms. The minimum atomic E-state index is -1.07. The lowest BCUT2D eigenvalue weighted by Crippen LogP contribution is -2.47. The number of halogens is 1. The van der Waals surface area contributed by atoms with Crippen molar-refractivity contribution in [2.45, 2.75) is 12.5 Å². The van der Waals surface area contributed by atoms with Gasteiger partial charge in [0.2, 0.25) is 5.95 Å². The highest BCUT2D eigenvalue weighted by Gasteiger charge is 2.23. The molecule has 5 nitrogen and oxygen atoms in total. The van der Waals surface area contributed by atoms with Crippen molar-refractivity contribution in [1.82, 2.24) is 15.2 Å². The van der Waals surface area contributed by atoms with Crippen LogP contribution >= 0.6 is 0 Å². The summed E-state index contributed by atoms with van der Waals surface area (Å²) in [5, 5.41) is 12.5. The lowest BCUT2D eigenvalue weighted by atomic mass is 10.1. The van der Waals surface area contributed by atoms with Crippen LogP contribution in [0.15, 0.2) is 18.3 Å². The fraction of sp³-hybridized carbons (Fsp3) is 0.500. The van der Waals surface area contributed by atoms with Crippen molar-refractivity contribution in [3.8, 4) is 0 Å². The van der Waals surface area contributed by atoms with E-state index in [9.17, 15) is 14.3 Å². The fourth-order valence-electron chi connectivity index (χ4n) is 1.66. The minimum absolute atomic E-state index is 0.0400. The van der Waals surface area contributed by atoms with Crippen molar-refractivity contribution < 1.29 is 14.3 Å². The third-order valence-electron chi connectivity index (χ3n) is 2.29. The molecule has 1 aromatic rings. The van der Waals surface area contributed by atoms with Gasteiger partial charge in [0.1, 0.15) is 0 Å². The molecule has 0 aliphatic carbocycles. The van der Waals surface area contributed by atoms with Gasteiger partial charge in [0.25, 0.3) is 5.91 Å². The predicted octanol–water partition coefficient (Wildman–Crippen LogP) is 0.263. The van der Waals surface area contributed by atoms with E-state index in [0.29, 0.717) is 6.54 Å². The van der Waals surface area contributed by atoms with Crippen molar-refractivity contribution in [1.29, 1.82) is 0 Å². The molecule has 0 aliphatic heterocycles. The van der Waals surface area contributed by atoms with Gasteiger partial charge < -0.3 is 15.3 Å². The van der Waals surface area contributed by atoms with Crippen molar-refractivity contribution in [3.05, 3.63) is 29.8 Å². The largest absolute Gasteiger partial charge is 0.387 e. The zero-order valence-electron chi connectivity index (χ0n) is 10.8. The molecule has 18 heavy (non-hydrogen) atoms. The van der Waals surface area contributed by atoms with E-state index in [4.69, 9.17) is 0 Å². The van der Waals surface area contributed by atoms with Crippen molar-refractivity contribution in [3.63, 3.8) is 0 Å². The molecular weight excluding hydrogens is 237 g/mol. The van der Waals surface area contributed by atoms with Crippen molar-refractivity contribution in [2.75, 3.05) is 27.2 Å². The second kappa shape index (κ2) is 5.88. The Kier molecular flexibility index (Phi) is 4.75. The van der Waals surface area contributed by atoms with Crippen LogP contribution in [-0.4, -0.2) is 53.7 Å². The van der Waals surface area contributed by atoms with E-state index in [0.717, 1.165) is 0 Å². The molecule has 0 aliphatic rings. The number of hydrogen-bond acceptors (Lipinski definition) is 4. The van der Waals surface area contributed by atoms with E-state index in [2.05, 4.69) is 10.3 Å². The van der Waals surface area contributed by atoms with Gasteiger partial charge >= 0.3 is 0 Å². The molecule has 2 N–H and O–H groups in total. The summed E-state index contributed by atoms with van der Waals surface area (Å²) in [5.41, 5.74) is -1.20. The fourth-order valence-corrected chi connectivity index (χ4v) is 1.66. The zero-order valence-corrected chi connectivity index (χ0v) is 10.8. The Hall–Kier alpha value is -1.53. The Balaban J connectivity index is 2.59. The van der Waals surface area contributed by atoms with Crippen LogP contribution in [-0.2, 0) is 0 Å². The van der Waals surface area contributed by atoms with Crippen LogP contribution in [0.1, 0.15) is 17.3 Å². The van der Waals surface area contributed by atoms with E-state index < -0.39 is 17.5 Å². The molecule has 1 unspecified atom stereocenters. The highest BCUT2D eigenvalue weighted by atomic mass is 19.1. The molecule has 1 aromatic heterocycles. The molecule has 6 heteroatoms. The van der Waals surface area contributed by atoms with Crippen LogP contribution in [0.4, 0.5) is 4.39 Å². The number of pyridine rings is 1. The smallest absolute Gasteiger partial charge is 0.256 e. The number of aliphatic hydroxyl groups is 1. The molecular formula is C12H18FN3O2. The van der Waals surface area contributed by atoms with Gasteiger partial charge in [-0.2, -0.15) is 4.39 Å². The minimum Gasteiger partial charge on any atom is -0.387 e. The standard InChI is InChI=1S/C12H18FN3O2/c1-12(18,8-16(2)3)7-15-11(17)9-5-4-6-14-10(9)13/h4-6,18H,7-8H2,1-3H3,(H,15,17). The first-order valence-corrected chi connectivity index (χ1v) is 5.58. The molecule has 1 heterocycles. The van der Waals surface area contributed by atoms with Crippen LogP contribution < -0.4 is 5.32 Å². The van der Waals surface area contributed by atoms with Gasteiger partial charge in [-0.05, 0) is 33.2 Å². The number of nitrogens with zero attached hydrogens (tertiary/aromatic N) is 2. The van der Waals surface area contributed by atoms with Crippen molar-refractivity contribution in [2.24, 2.45) is 0 Å². The summed E-state index contributed by atoms with van der Waals surface area (Å²) < 4.78 is 13.2. The number of aromatic nitrogens is 1. The number of likely N-dealkylation sites (N-methyl/N-ethyl adjacent to an activating group) is 1. The van der Waals surface area contributed by atoms with Gasteiger partial charge in [-0.15, -0.1) is 0 Å². The lowest BCUT2D eigenvalue weighted by Gasteiger charge is -2.27. The number of hydrogen-bond donors (Lipinski definition) is 2. The van der Waals surface area contributed by atoms with E-state index in [1.165, 1.54) is 18.3 Å². The van der Waals surface area contributed by atoms with E-state index >= 15 is 0 Å². The summed E-state index contributed by atoms with van der Waals surface area (Å²) >= 11 is 0. The van der Waals surface area contributed by atoms with Gasteiger partial charge in [0, 0.05) is 19.3 Å². The normalized spacial score (nSPS) is 14.3. The number of carbonyl (C=O) groups excluding carboxylic acids is 1. The first-order chi connectivity index (χ1) is 8.32. The van der Waals surface area contributed by atoms with Crippen LogP contribution in [0, 0.1) is 5.95 Å². The topological polar surface area (TPSA) is 65.5 Å². The molecule has 0 aromatic carbocycles.